The van der Waals surface area contributed by atoms with Gasteiger partial charge in [-0.1, -0.05) is 30.3 Å². The highest BCUT2D eigenvalue weighted by atomic mass is 16.4. The molecule has 0 saturated carbocycles. The first-order valence-corrected chi connectivity index (χ1v) is 8.39. The molecule has 4 rings (SSSR count). The van der Waals surface area contributed by atoms with E-state index >= 15 is 0 Å². The largest absolute Gasteiger partial charge is 0.441 e. The van der Waals surface area contributed by atoms with Gasteiger partial charge in [0.2, 0.25) is 5.89 Å². The molecule has 2 aromatic heterocycles. The van der Waals surface area contributed by atoms with Crippen LogP contribution in [0.25, 0.3) is 22.5 Å². The molecule has 0 fully saturated rings. The standard InChI is InChI=1S/C20H19N3O2/c1-3-22-17-11-7-8-12-18(17)23(20(22)24)13-16-14(2)25-19(21-16)15-9-5-4-6-10-15/h4-12H,3,13H2,1-2H3. The molecule has 0 aliphatic heterocycles. The highest BCUT2D eigenvalue weighted by Gasteiger charge is 2.16. The van der Waals surface area contributed by atoms with E-state index in [1.807, 2.05) is 68.4 Å². The van der Waals surface area contributed by atoms with Crippen molar-refractivity contribution in [3.63, 3.8) is 0 Å². The maximum atomic E-state index is 12.8. The number of aromatic nitrogens is 3. The lowest BCUT2D eigenvalue weighted by Gasteiger charge is -2.00. The van der Waals surface area contributed by atoms with E-state index in [1.165, 1.54) is 0 Å². The second kappa shape index (κ2) is 6.09. The van der Waals surface area contributed by atoms with Gasteiger partial charge in [-0.05, 0) is 38.1 Å². The van der Waals surface area contributed by atoms with Crippen LogP contribution in [0.15, 0.2) is 63.8 Å². The topological polar surface area (TPSA) is 53.0 Å². The van der Waals surface area contributed by atoms with Crippen molar-refractivity contribution in [1.82, 2.24) is 14.1 Å². The van der Waals surface area contributed by atoms with Gasteiger partial charge in [-0.15, -0.1) is 0 Å². The summed E-state index contributed by atoms with van der Waals surface area (Å²) in [5, 5.41) is 0. The number of fused-ring (bicyclic) bond motifs is 1. The first-order valence-electron chi connectivity index (χ1n) is 8.39. The van der Waals surface area contributed by atoms with Crippen molar-refractivity contribution in [2.75, 3.05) is 0 Å². The van der Waals surface area contributed by atoms with Crippen LogP contribution in [0.3, 0.4) is 0 Å². The lowest BCUT2D eigenvalue weighted by Crippen LogP contribution is -2.24. The van der Waals surface area contributed by atoms with Crippen molar-refractivity contribution in [2.24, 2.45) is 0 Å². The summed E-state index contributed by atoms with van der Waals surface area (Å²) in [5.74, 6) is 1.32. The van der Waals surface area contributed by atoms with E-state index in [-0.39, 0.29) is 5.69 Å². The molecule has 2 heterocycles. The molecule has 0 amide bonds. The molecule has 0 radical (unpaired) electrons. The van der Waals surface area contributed by atoms with Crippen LogP contribution in [-0.2, 0) is 13.1 Å². The third-order valence-electron chi connectivity index (χ3n) is 4.46. The van der Waals surface area contributed by atoms with Crippen molar-refractivity contribution < 1.29 is 4.42 Å². The Bertz CT molecular complexity index is 1090. The Morgan fingerprint density at radius 3 is 2.28 bits per heavy atom. The van der Waals surface area contributed by atoms with Crippen LogP contribution in [0.5, 0.6) is 0 Å². The summed E-state index contributed by atoms with van der Waals surface area (Å²) in [5.41, 5.74) is 3.55. The minimum atomic E-state index is -0.0210. The number of benzene rings is 2. The minimum Gasteiger partial charge on any atom is -0.441 e. The fourth-order valence-electron chi connectivity index (χ4n) is 3.16. The van der Waals surface area contributed by atoms with E-state index in [0.29, 0.717) is 19.0 Å². The second-order valence-electron chi connectivity index (χ2n) is 5.99. The molecule has 0 unspecified atom stereocenters. The Morgan fingerprint density at radius 1 is 0.960 bits per heavy atom. The van der Waals surface area contributed by atoms with E-state index in [9.17, 15) is 4.79 Å². The first kappa shape index (κ1) is 15.4. The molecule has 25 heavy (non-hydrogen) atoms. The van der Waals surface area contributed by atoms with E-state index in [4.69, 9.17) is 4.42 Å². The molecule has 5 heteroatoms. The van der Waals surface area contributed by atoms with Crippen LogP contribution in [0, 0.1) is 6.92 Å². The lowest BCUT2D eigenvalue weighted by molar-refractivity contribution is 0.537. The summed E-state index contributed by atoms with van der Waals surface area (Å²) in [6, 6.07) is 17.6. The van der Waals surface area contributed by atoms with Crippen molar-refractivity contribution in [1.29, 1.82) is 0 Å². The summed E-state index contributed by atoms with van der Waals surface area (Å²) in [6.45, 7) is 4.90. The average molecular weight is 333 g/mol. The Kier molecular flexibility index (Phi) is 3.76. The molecule has 2 aromatic carbocycles. The van der Waals surface area contributed by atoms with Gasteiger partial charge in [-0.25, -0.2) is 9.78 Å². The van der Waals surface area contributed by atoms with Crippen molar-refractivity contribution >= 4 is 11.0 Å². The predicted octanol–water partition coefficient (Wildman–Crippen LogP) is 3.83. The van der Waals surface area contributed by atoms with Crippen LogP contribution in [0.1, 0.15) is 18.4 Å². The van der Waals surface area contributed by atoms with Crippen molar-refractivity contribution in [3.8, 4) is 11.5 Å². The number of hydrogen-bond acceptors (Lipinski definition) is 3. The summed E-state index contributed by atoms with van der Waals surface area (Å²) >= 11 is 0. The summed E-state index contributed by atoms with van der Waals surface area (Å²) < 4.78 is 9.37. The smallest absolute Gasteiger partial charge is 0.329 e. The highest BCUT2D eigenvalue weighted by Crippen LogP contribution is 2.22. The van der Waals surface area contributed by atoms with Gasteiger partial charge in [0.05, 0.1) is 17.6 Å². The molecule has 0 bridgehead atoms. The number of imidazole rings is 1. The molecular weight excluding hydrogens is 314 g/mol. The summed E-state index contributed by atoms with van der Waals surface area (Å²) in [4.78, 5) is 17.4. The summed E-state index contributed by atoms with van der Waals surface area (Å²) in [6.07, 6.45) is 0. The Labute approximate surface area is 145 Å². The quantitative estimate of drug-likeness (QED) is 0.570. The van der Waals surface area contributed by atoms with Crippen LogP contribution in [0.4, 0.5) is 0 Å². The monoisotopic (exact) mass is 333 g/mol. The average Bonchev–Trinajstić information content (AvgIpc) is 3.14. The van der Waals surface area contributed by atoms with Crippen LogP contribution >= 0.6 is 0 Å². The Hall–Kier alpha value is -3.08. The van der Waals surface area contributed by atoms with Crippen LogP contribution < -0.4 is 5.69 Å². The molecule has 126 valence electrons. The number of para-hydroxylation sites is 2. The number of hydrogen-bond donors (Lipinski definition) is 0. The van der Waals surface area contributed by atoms with Gasteiger partial charge in [0.15, 0.2) is 0 Å². The number of rotatable bonds is 4. The maximum absolute atomic E-state index is 12.8. The second-order valence-corrected chi connectivity index (χ2v) is 5.99. The molecule has 0 spiro atoms. The minimum absolute atomic E-state index is 0.0210. The third kappa shape index (κ3) is 2.58. The molecule has 4 aromatic rings. The fourth-order valence-corrected chi connectivity index (χ4v) is 3.16. The maximum Gasteiger partial charge on any atom is 0.329 e. The fraction of sp³-hybridized carbons (Fsp3) is 0.200. The molecular formula is C20H19N3O2. The molecule has 0 saturated heterocycles. The zero-order chi connectivity index (χ0) is 17.4. The van der Waals surface area contributed by atoms with Crippen molar-refractivity contribution in [3.05, 3.63) is 76.5 Å². The molecule has 5 nitrogen and oxygen atoms in total. The van der Waals surface area contributed by atoms with E-state index in [0.717, 1.165) is 28.1 Å². The van der Waals surface area contributed by atoms with E-state index in [1.54, 1.807) is 9.13 Å². The molecule has 0 atom stereocenters. The van der Waals surface area contributed by atoms with E-state index < -0.39 is 0 Å². The van der Waals surface area contributed by atoms with Gasteiger partial charge in [0.25, 0.3) is 0 Å². The van der Waals surface area contributed by atoms with E-state index in [2.05, 4.69) is 4.98 Å². The Balaban J connectivity index is 1.79. The van der Waals surface area contributed by atoms with Gasteiger partial charge >= 0.3 is 5.69 Å². The Morgan fingerprint density at radius 2 is 1.60 bits per heavy atom. The first-order chi connectivity index (χ1) is 12.2. The zero-order valence-electron chi connectivity index (χ0n) is 14.3. The summed E-state index contributed by atoms with van der Waals surface area (Å²) in [7, 11) is 0. The number of oxazole rings is 1. The van der Waals surface area contributed by atoms with Gasteiger partial charge in [-0.2, -0.15) is 0 Å². The lowest BCUT2D eigenvalue weighted by atomic mass is 10.2. The normalized spacial score (nSPS) is 11.3. The molecule has 0 aliphatic carbocycles. The van der Waals surface area contributed by atoms with Gasteiger partial charge < -0.3 is 4.42 Å². The molecule has 0 N–H and O–H groups in total. The van der Waals surface area contributed by atoms with Gasteiger partial charge in [0, 0.05) is 12.1 Å². The van der Waals surface area contributed by atoms with Gasteiger partial charge in [-0.3, -0.25) is 9.13 Å². The van der Waals surface area contributed by atoms with Gasteiger partial charge in [0.1, 0.15) is 11.5 Å². The zero-order valence-corrected chi connectivity index (χ0v) is 14.3. The molecule has 0 aliphatic rings. The number of aryl methyl sites for hydroxylation is 2. The van der Waals surface area contributed by atoms with Crippen molar-refractivity contribution in [2.45, 2.75) is 26.9 Å². The van der Waals surface area contributed by atoms with Crippen LogP contribution in [0.2, 0.25) is 0 Å². The highest BCUT2D eigenvalue weighted by molar-refractivity contribution is 5.76. The third-order valence-corrected chi connectivity index (χ3v) is 4.46. The SMILES string of the molecule is CCn1c(=O)n(Cc2nc(-c3ccccc3)oc2C)c2ccccc21. The predicted molar refractivity (Wildman–Crippen MR) is 97.7 cm³/mol. The van der Waals surface area contributed by atoms with Crippen LogP contribution in [-0.4, -0.2) is 14.1 Å². The number of nitrogens with zero attached hydrogens (tertiary/aromatic N) is 3.